The average molecular weight is 220 g/mol. The Morgan fingerprint density at radius 3 is 2.00 bits per heavy atom. The highest BCUT2D eigenvalue weighted by molar-refractivity contribution is 7.48. The van der Waals surface area contributed by atoms with E-state index < -0.39 is 7.82 Å². The molecule has 0 radical (unpaired) electrons. The first-order chi connectivity index (χ1) is 6.72. The molecule has 4 nitrogen and oxygen atoms in total. The van der Waals surface area contributed by atoms with Gasteiger partial charge in [-0.1, -0.05) is 6.92 Å². The van der Waals surface area contributed by atoms with E-state index in [1.165, 1.54) is 0 Å². The summed E-state index contributed by atoms with van der Waals surface area (Å²) in [6, 6.07) is 0. The van der Waals surface area contributed by atoms with Crippen LogP contribution in [0.2, 0.25) is 0 Å². The van der Waals surface area contributed by atoms with Crippen molar-refractivity contribution in [3.8, 4) is 0 Å². The van der Waals surface area contributed by atoms with E-state index in [9.17, 15) is 4.57 Å². The van der Waals surface area contributed by atoms with E-state index >= 15 is 0 Å². The molecular weight excluding hydrogens is 203 g/mol. The molecule has 0 atom stereocenters. The van der Waals surface area contributed by atoms with E-state index in [-0.39, 0.29) is 12.2 Å². The zero-order valence-corrected chi connectivity index (χ0v) is 9.37. The predicted octanol–water partition coefficient (Wildman–Crippen LogP) is 2.88. The van der Waals surface area contributed by atoms with Gasteiger partial charge in [-0.05, 0) is 32.1 Å². The zero-order chi connectivity index (χ0) is 10.0. The molecule has 5 heteroatoms. The van der Waals surface area contributed by atoms with Crippen molar-refractivity contribution in [1.29, 1.82) is 0 Å². The lowest BCUT2D eigenvalue weighted by Crippen LogP contribution is -2.03. The molecule has 2 saturated carbocycles. The van der Waals surface area contributed by atoms with Gasteiger partial charge in [0.15, 0.2) is 0 Å². The van der Waals surface area contributed by atoms with Crippen LogP contribution < -0.4 is 0 Å². The molecule has 2 aliphatic carbocycles. The highest BCUT2D eigenvalue weighted by Gasteiger charge is 2.40. The Hall–Kier alpha value is 0.110. The van der Waals surface area contributed by atoms with Crippen molar-refractivity contribution in [3.05, 3.63) is 0 Å². The fraction of sp³-hybridized carbons (Fsp3) is 1.00. The lowest BCUT2D eigenvalue weighted by atomic mass is 10.5. The van der Waals surface area contributed by atoms with Gasteiger partial charge in [0, 0.05) is 0 Å². The fourth-order valence-electron chi connectivity index (χ4n) is 1.00. The number of phosphoric ester groups is 1. The second-order valence-corrected chi connectivity index (χ2v) is 5.46. The summed E-state index contributed by atoms with van der Waals surface area (Å²) in [4.78, 5) is 0. The van der Waals surface area contributed by atoms with E-state index in [1.807, 2.05) is 6.92 Å². The maximum Gasteiger partial charge on any atom is 0.475 e. The molecule has 0 unspecified atom stereocenters. The normalized spacial score (nSPS) is 22.6. The minimum atomic E-state index is -3.22. The molecule has 0 bridgehead atoms. The van der Waals surface area contributed by atoms with Crippen molar-refractivity contribution >= 4 is 7.82 Å². The number of hydrogen-bond acceptors (Lipinski definition) is 4. The summed E-state index contributed by atoms with van der Waals surface area (Å²) in [7, 11) is -3.22. The van der Waals surface area contributed by atoms with Crippen LogP contribution in [0.5, 0.6) is 0 Å². The Kier molecular flexibility index (Phi) is 3.27. The topological polar surface area (TPSA) is 44.8 Å². The van der Waals surface area contributed by atoms with Crippen LogP contribution in [0.1, 0.15) is 39.0 Å². The highest BCUT2D eigenvalue weighted by Crippen LogP contribution is 2.57. The summed E-state index contributed by atoms with van der Waals surface area (Å²) < 4.78 is 27.8. The maximum atomic E-state index is 12.0. The van der Waals surface area contributed by atoms with Gasteiger partial charge < -0.3 is 0 Å². The largest absolute Gasteiger partial charge is 0.475 e. The van der Waals surface area contributed by atoms with Crippen LogP contribution in [-0.4, -0.2) is 18.8 Å². The van der Waals surface area contributed by atoms with Crippen LogP contribution in [-0.2, 0) is 18.1 Å². The first-order valence-electron chi connectivity index (χ1n) is 5.33. The Balaban J connectivity index is 1.83. The van der Waals surface area contributed by atoms with Gasteiger partial charge >= 0.3 is 7.82 Å². The molecule has 0 aromatic rings. The van der Waals surface area contributed by atoms with Crippen LogP contribution in [0.25, 0.3) is 0 Å². The summed E-state index contributed by atoms with van der Waals surface area (Å²) in [5.74, 6) is 0. The number of hydrogen-bond donors (Lipinski definition) is 0. The highest BCUT2D eigenvalue weighted by atomic mass is 31.2. The van der Waals surface area contributed by atoms with Gasteiger partial charge in [0.05, 0.1) is 18.8 Å². The van der Waals surface area contributed by atoms with E-state index in [0.29, 0.717) is 6.61 Å². The lowest BCUT2D eigenvalue weighted by Gasteiger charge is -2.16. The van der Waals surface area contributed by atoms with Crippen molar-refractivity contribution in [1.82, 2.24) is 0 Å². The van der Waals surface area contributed by atoms with E-state index in [4.69, 9.17) is 13.6 Å². The van der Waals surface area contributed by atoms with E-state index in [0.717, 1.165) is 32.1 Å². The summed E-state index contributed by atoms with van der Waals surface area (Å²) in [6.45, 7) is 2.41. The van der Waals surface area contributed by atoms with Crippen LogP contribution in [0.4, 0.5) is 0 Å². The first kappa shape index (κ1) is 10.6. The Labute approximate surface area is 84.5 Å². The standard InChI is InChI=1S/C9H17O4P/c1-2-7-11-14(10,12-8-3-4-8)13-9-5-6-9/h8-9H,2-7H2,1H3. The van der Waals surface area contributed by atoms with E-state index in [1.54, 1.807) is 0 Å². The fourth-order valence-corrected chi connectivity index (χ4v) is 2.73. The molecule has 0 amide bonds. The van der Waals surface area contributed by atoms with E-state index in [2.05, 4.69) is 0 Å². The van der Waals surface area contributed by atoms with Crippen molar-refractivity contribution < 1.29 is 18.1 Å². The molecule has 2 aliphatic rings. The predicted molar refractivity (Wildman–Crippen MR) is 52.1 cm³/mol. The third-order valence-electron chi connectivity index (χ3n) is 2.06. The monoisotopic (exact) mass is 220 g/mol. The molecule has 0 saturated heterocycles. The number of phosphoric acid groups is 1. The quantitative estimate of drug-likeness (QED) is 0.619. The van der Waals surface area contributed by atoms with Crippen LogP contribution in [0.15, 0.2) is 0 Å². The SMILES string of the molecule is CCCOP(=O)(OC1CC1)OC1CC1. The summed E-state index contributed by atoms with van der Waals surface area (Å²) in [5, 5.41) is 0. The third kappa shape index (κ3) is 3.35. The van der Waals surface area contributed by atoms with Gasteiger partial charge in [-0.3, -0.25) is 13.6 Å². The van der Waals surface area contributed by atoms with Gasteiger partial charge in [-0.25, -0.2) is 4.57 Å². The van der Waals surface area contributed by atoms with Crippen molar-refractivity contribution in [2.75, 3.05) is 6.61 Å². The lowest BCUT2D eigenvalue weighted by molar-refractivity contribution is 0.102. The van der Waals surface area contributed by atoms with Crippen LogP contribution >= 0.6 is 7.82 Å². The van der Waals surface area contributed by atoms with Crippen LogP contribution in [0.3, 0.4) is 0 Å². The molecule has 14 heavy (non-hydrogen) atoms. The molecule has 0 heterocycles. The van der Waals surface area contributed by atoms with Gasteiger partial charge in [-0.2, -0.15) is 0 Å². The molecule has 82 valence electrons. The van der Waals surface area contributed by atoms with Gasteiger partial charge in [0.2, 0.25) is 0 Å². The Morgan fingerprint density at radius 2 is 1.64 bits per heavy atom. The van der Waals surface area contributed by atoms with Crippen LogP contribution in [0, 0.1) is 0 Å². The van der Waals surface area contributed by atoms with Gasteiger partial charge in [0.25, 0.3) is 0 Å². The van der Waals surface area contributed by atoms with Crippen molar-refractivity contribution in [2.24, 2.45) is 0 Å². The molecule has 2 rings (SSSR count). The second-order valence-electron chi connectivity index (χ2n) is 3.89. The summed E-state index contributed by atoms with van der Waals surface area (Å²) in [6.07, 6.45) is 4.96. The third-order valence-corrected chi connectivity index (χ3v) is 3.67. The minimum Gasteiger partial charge on any atom is -0.287 e. The second kappa shape index (κ2) is 4.31. The zero-order valence-electron chi connectivity index (χ0n) is 8.48. The molecule has 2 fully saturated rings. The smallest absolute Gasteiger partial charge is 0.287 e. The molecule has 0 spiro atoms. The average Bonchev–Trinajstić information content (AvgIpc) is 2.98. The first-order valence-corrected chi connectivity index (χ1v) is 6.79. The van der Waals surface area contributed by atoms with Crippen molar-refractivity contribution in [2.45, 2.75) is 51.2 Å². The molecule has 0 aromatic heterocycles. The van der Waals surface area contributed by atoms with Gasteiger partial charge in [0.1, 0.15) is 0 Å². The Bertz CT molecular complexity index is 217. The summed E-state index contributed by atoms with van der Waals surface area (Å²) in [5.41, 5.74) is 0. The number of rotatable bonds is 7. The molecule has 0 aromatic carbocycles. The Morgan fingerprint density at radius 1 is 1.14 bits per heavy atom. The summed E-state index contributed by atoms with van der Waals surface area (Å²) >= 11 is 0. The van der Waals surface area contributed by atoms with Gasteiger partial charge in [-0.15, -0.1) is 0 Å². The minimum absolute atomic E-state index is 0.108. The molecular formula is C9H17O4P. The maximum absolute atomic E-state index is 12.0. The van der Waals surface area contributed by atoms with Crippen molar-refractivity contribution in [3.63, 3.8) is 0 Å². The molecule has 0 aliphatic heterocycles. The molecule has 0 N–H and O–H groups in total.